The third kappa shape index (κ3) is 9.02. The van der Waals surface area contributed by atoms with Crippen LogP contribution in [-0.2, 0) is 18.4 Å². The molecule has 1 saturated heterocycles. The topological polar surface area (TPSA) is 116 Å². The van der Waals surface area contributed by atoms with E-state index in [1.165, 1.54) is 11.8 Å². The maximum Gasteiger partial charge on any atom is 0.332 e. The quantitative estimate of drug-likeness (QED) is 0.401. The number of nitrogens with zero attached hydrogens (tertiary/aromatic N) is 2. The van der Waals surface area contributed by atoms with Gasteiger partial charge in [-0.3, -0.25) is 19.1 Å². The standard InChI is InChI=1S/C25H38N3O7PS/c1-6-32-36(31,33-7-2)15-20-16-37-25(26-20)27-24(30)19-12-22(34-17(3)4)14-23(13-19)35-21-8-10-28(11-9-21)18(5)29/h12-14,17,20-21H,6-11,15-16H2,1-5H3,(H,26,27,30). The molecule has 1 aromatic rings. The minimum Gasteiger partial charge on any atom is -0.491 e. The van der Waals surface area contributed by atoms with Gasteiger partial charge in [-0.1, -0.05) is 11.8 Å². The van der Waals surface area contributed by atoms with Crippen LogP contribution >= 0.6 is 19.4 Å². The van der Waals surface area contributed by atoms with Gasteiger partial charge in [-0.15, -0.1) is 0 Å². The van der Waals surface area contributed by atoms with Crippen molar-refractivity contribution in [1.29, 1.82) is 0 Å². The van der Waals surface area contributed by atoms with Crippen LogP contribution in [0.5, 0.6) is 11.5 Å². The Morgan fingerprint density at radius 1 is 1.14 bits per heavy atom. The molecule has 37 heavy (non-hydrogen) atoms. The van der Waals surface area contributed by atoms with Gasteiger partial charge in [0.25, 0.3) is 5.91 Å². The lowest BCUT2D eigenvalue weighted by Crippen LogP contribution is -2.40. The molecule has 0 aromatic heterocycles. The lowest BCUT2D eigenvalue weighted by molar-refractivity contribution is -0.130. The van der Waals surface area contributed by atoms with E-state index in [0.717, 1.165) is 12.8 Å². The number of piperidine rings is 1. The lowest BCUT2D eigenvalue weighted by Gasteiger charge is -2.31. The van der Waals surface area contributed by atoms with Crippen molar-refractivity contribution in [3.63, 3.8) is 0 Å². The van der Waals surface area contributed by atoms with Crippen molar-refractivity contribution < 1.29 is 32.7 Å². The maximum absolute atomic E-state index is 13.1. The van der Waals surface area contributed by atoms with Gasteiger partial charge in [0.1, 0.15) is 17.6 Å². The number of amides is 2. The van der Waals surface area contributed by atoms with E-state index in [2.05, 4.69) is 10.3 Å². The Kier molecular flexibility index (Phi) is 10.9. The molecule has 0 saturated carbocycles. The zero-order chi connectivity index (χ0) is 27.0. The Bertz CT molecular complexity index is 1020. The third-order valence-electron chi connectivity index (χ3n) is 5.72. The third-order valence-corrected chi connectivity index (χ3v) is 8.93. The SMILES string of the molecule is CCOP(=O)(CC1CSC(NC(=O)c2cc(OC(C)C)cc(OC3CCN(C(C)=O)CC3)c2)=N1)OCC. The monoisotopic (exact) mass is 555 g/mol. The Morgan fingerprint density at radius 3 is 2.38 bits per heavy atom. The van der Waals surface area contributed by atoms with Crippen molar-refractivity contribution in [3.8, 4) is 11.5 Å². The number of thioether (sulfide) groups is 1. The summed E-state index contributed by atoms with van der Waals surface area (Å²) in [5.74, 6) is 1.38. The molecule has 0 spiro atoms. The molecule has 3 rings (SSSR count). The number of likely N-dealkylation sites (tertiary alicyclic amines) is 1. The van der Waals surface area contributed by atoms with Crippen molar-refractivity contribution in [2.24, 2.45) is 4.99 Å². The number of nitrogens with one attached hydrogen (secondary N) is 1. The van der Waals surface area contributed by atoms with Crippen LogP contribution in [-0.4, -0.2) is 78.3 Å². The summed E-state index contributed by atoms with van der Waals surface area (Å²) in [4.78, 5) is 31.1. The second kappa shape index (κ2) is 13.6. The van der Waals surface area contributed by atoms with Gasteiger partial charge in [0.15, 0.2) is 5.17 Å². The molecule has 2 amide bonds. The molecule has 1 atom stereocenters. The second-order valence-electron chi connectivity index (χ2n) is 9.17. The molecule has 0 radical (unpaired) electrons. The Balaban J connectivity index is 1.68. The fourth-order valence-electron chi connectivity index (χ4n) is 4.13. The van der Waals surface area contributed by atoms with Crippen LogP contribution in [0.2, 0.25) is 0 Å². The van der Waals surface area contributed by atoms with E-state index in [0.29, 0.717) is 54.3 Å². The zero-order valence-electron chi connectivity index (χ0n) is 22.2. The van der Waals surface area contributed by atoms with Gasteiger partial charge in [-0.05, 0) is 39.8 Å². The van der Waals surface area contributed by atoms with Crippen LogP contribution in [0.1, 0.15) is 57.8 Å². The van der Waals surface area contributed by atoms with Crippen LogP contribution in [0.25, 0.3) is 0 Å². The van der Waals surface area contributed by atoms with E-state index in [1.54, 1.807) is 39.0 Å². The molecule has 1 unspecified atom stereocenters. The molecule has 0 bridgehead atoms. The predicted molar refractivity (Wildman–Crippen MR) is 145 cm³/mol. The Morgan fingerprint density at radius 2 is 1.78 bits per heavy atom. The highest BCUT2D eigenvalue weighted by atomic mass is 32.2. The summed E-state index contributed by atoms with van der Waals surface area (Å²) in [5.41, 5.74) is 0.385. The number of hydrogen-bond acceptors (Lipinski definition) is 9. The minimum absolute atomic E-state index is 0.0531. The first-order valence-electron chi connectivity index (χ1n) is 12.7. The van der Waals surface area contributed by atoms with Crippen molar-refractivity contribution in [2.75, 3.05) is 38.2 Å². The highest BCUT2D eigenvalue weighted by Crippen LogP contribution is 2.49. The molecule has 12 heteroatoms. The summed E-state index contributed by atoms with van der Waals surface area (Å²) in [6.07, 6.45) is 1.48. The fourth-order valence-corrected chi connectivity index (χ4v) is 7.04. The molecular weight excluding hydrogens is 517 g/mol. The van der Waals surface area contributed by atoms with Crippen LogP contribution < -0.4 is 14.8 Å². The summed E-state index contributed by atoms with van der Waals surface area (Å²) < 4.78 is 35.6. The normalized spacial score (nSPS) is 18.6. The summed E-state index contributed by atoms with van der Waals surface area (Å²) >= 11 is 1.39. The molecule has 10 nitrogen and oxygen atoms in total. The van der Waals surface area contributed by atoms with Crippen LogP contribution in [0.4, 0.5) is 0 Å². The van der Waals surface area contributed by atoms with E-state index in [1.807, 2.05) is 18.7 Å². The van der Waals surface area contributed by atoms with E-state index in [9.17, 15) is 14.2 Å². The number of amidine groups is 1. The molecule has 2 heterocycles. The van der Waals surface area contributed by atoms with Gasteiger partial charge in [-0.25, -0.2) is 0 Å². The number of aliphatic imine (C=N–C) groups is 1. The van der Waals surface area contributed by atoms with Gasteiger partial charge in [0, 0.05) is 50.2 Å². The number of carbonyl (C=O) groups is 2. The smallest absolute Gasteiger partial charge is 0.332 e. The van der Waals surface area contributed by atoms with Gasteiger partial charge >= 0.3 is 7.60 Å². The second-order valence-corrected chi connectivity index (χ2v) is 12.3. The maximum atomic E-state index is 13.1. The van der Waals surface area contributed by atoms with Gasteiger partial charge in [0.05, 0.1) is 31.5 Å². The summed E-state index contributed by atoms with van der Waals surface area (Å²) in [5, 5.41) is 3.31. The largest absolute Gasteiger partial charge is 0.491 e. The molecule has 2 aliphatic heterocycles. The zero-order valence-corrected chi connectivity index (χ0v) is 23.9. The number of hydrogen-bond donors (Lipinski definition) is 1. The summed E-state index contributed by atoms with van der Waals surface area (Å²) in [6.45, 7) is 10.8. The number of carbonyl (C=O) groups excluding carboxylic acids is 2. The van der Waals surface area contributed by atoms with E-state index < -0.39 is 7.60 Å². The number of benzene rings is 1. The van der Waals surface area contributed by atoms with E-state index >= 15 is 0 Å². The van der Waals surface area contributed by atoms with Crippen molar-refractivity contribution in [1.82, 2.24) is 10.2 Å². The average molecular weight is 556 g/mol. The van der Waals surface area contributed by atoms with Crippen molar-refractivity contribution >= 4 is 36.3 Å². The fraction of sp³-hybridized carbons (Fsp3) is 0.640. The number of ether oxygens (including phenoxy) is 2. The highest BCUT2D eigenvalue weighted by Gasteiger charge is 2.32. The molecule has 1 fully saturated rings. The first-order valence-corrected chi connectivity index (χ1v) is 15.5. The Hall–Kier alpha value is -2.07. The summed E-state index contributed by atoms with van der Waals surface area (Å²) in [7, 11) is -3.23. The van der Waals surface area contributed by atoms with Gasteiger partial charge in [-0.2, -0.15) is 0 Å². The van der Waals surface area contributed by atoms with E-state index in [-0.39, 0.29) is 36.2 Å². The minimum atomic E-state index is -3.23. The molecular formula is C25H38N3O7PS. The van der Waals surface area contributed by atoms with Gasteiger partial charge < -0.3 is 28.7 Å². The van der Waals surface area contributed by atoms with E-state index in [4.69, 9.17) is 18.5 Å². The molecule has 2 aliphatic rings. The highest BCUT2D eigenvalue weighted by molar-refractivity contribution is 8.14. The van der Waals surface area contributed by atoms with Crippen LogP contribution in [0, 0.1) is 0 Å². The van der Waals surface area contributed by atoms with Crippen LogP contribution in [0.15, 0.2) is 23.2 Å². The molecule has 206 valence electrons. The number of rotatable bonds is 11. The predicted octanol–water partition coefficient (Wildman–Crippen LogP) is 4.33. The van der Waals surface area contributed by atoms with Crippen LogP contribution in [0.3, 0.4) is 0 Å². The lowest BCUT2D eigenvalue weighted by atomic mass is 10.1. The summed E-state index contributed by atoms with van der Waals surface area (Å²) in [6, 6.07) is 4.87. The first-order chi connectivity index (χ1) is 17.6. The van der Waals surface area contributed by atoms with Crippen molar-refractivity contribution in [3.05, 3.63) is 23.8 Å². The molecule has 1 N–H and O–H groups in total. The first kappa shape index (κ1) is 29.5. The molecule has 1 aromatic carbocycles. The average Bonchev–Trinajstić information content (AvgIpc) is 3.25. The Labute approximate surface area is 223 Å². The van der Waals surface area contributed by atoms with Crippen molar-refractivity contribution in [2.45, 2.75) is 65.7 Å². The van der Waals surface area contributed by atoms with Gasteiger partial charge in [0.2, 0.25) is 5.91 Å². The molecule has 0 aliphatic carbocycles.